The summed E-state index contributed by atoms with van der Waals surface area (Å²) in [5.74, 6) is 1.58. The molecule has 2 aromatic heterocycles. The fraction of sp³-hybridized carbons (Fsp3) is 0.429. The van der Waals surface area contributed by atoms with Crippen LogP contribution in [0.3, 0.4) is 0 Å². The third-order valence-corrected chi connectivity index (χ3v) is 5.36. The van der Waals surface area contributed by atoms with Gasteiger partial charge in [0.25, 0.3) is 0 Å². The molecule has 1 aliphatic heterocycles. The Kier molecular flexibility index (Phi) is 5.71. The number of hydrogen-bond acceptors (Lipinski definition) is 6. The molecular weight excluding hydrogens is 366 g/mol. The standard InChI is InChI=1S/C21H27N7O/c1-3-16-4-6-17(7-5-16)22-21(29)11-10-19-24-23-18-8-9-20(25-28(18)19)27-14-12-26(2)13-15-27/h4-9H,3,10-15H2,1-2H3,(H,22,29). The number of nitrogens with zero attached hydrogens (tertiary/aromatic N) is 6. The molecule has 1 N–H and O–H groups in total. The van der Waals surface area contributed by atoms with Gasteiger partial charge in [-0.25, -0.2) is 0 Å². The fourth-order valence-corrected chi connectivity index (χ4v) is 3.46. The van der Waals surface area contributed by atoms with E-state index in [-0.39, 0.29) is 5.91 Å². The molecule has 8 nitrogen and oxygen atoms in total. The van der Waals surface area contributed by atoms with Crippen LogP contribution >= 0.6 is 0 Å². The molecule has 3 heterocycles. The maximum atomic E-state index is 12.3. The van der Waals surface area contributed by atoms with Crippen molar-refractivity contribution in [2.75, 3.05) is 43.4 Å². The summed E-state index contributed by atoms with van der Waals surface area (Å²) in [5, 5.41) is 16.1. The minimum atomic E-state index is -0.0405. The van der Waals surface area contributed by atoms with Crippen LogP contribution in [-0.2, 0) is 17.6 Å². The van der Waals surface area contributed by atoms with Crippen molar-refractivity contribution in [1.82, 2.24) is 24.7 Å². The van der Waals surface area contributed by atoms with Gasteiger partial charge in [-0.1, -0.05) is 19.1 Å². The lowest BCUT2D eigenvalue weighted by Gasteiger charge is -2.33. The van der Waals surface area contributed by atoms with Crippen LogP contribution in [0, 0.1) is 0 Å². The van der Waals surface area contributed by atoms with Gasteiger partial charge in [0.15, 0.2) is 11.5 Å². The molecule has 8 heteroatoms. The number of amides is 1. The van der Waals surface area contributed by atoms with E-state index < -0.39 is 0 Å². The Morgan fingerprint density at radius 3 is 2.52 bits per heavy atom. The highest BCUT2D eigenvalue weighted by Gasteiger charge is 2.17. The van der Waals surface area contributed by atoms with E-state index in [4.69, 9.17) is 5.10 Å². The van der Waals surface area contributed by atoms with Crippen LogP contribution < -0.4 is 10.2 Å². The van der Waals surface area contributed by atoms with Gasteiger partial charge < -0.3 is 15.1 Å². The van der Waals surface area contributed by atoms with Crippen molar-refractivity contribution in [3.63, 3.8) is 0 Å². The van der Waals surface area contributed by atoms with E-state index in [9.17, 15) is 4.79 Å². The van der Waals surface area contributed by atoms with E-state index in [2.05, 4.69) is 39.3 Å². The summed E-state index contributed by atoms with van der Waals surface area (Å²) in [6.45, 7) is 6.05. The molecule has 0 atom stereocenters. The molecule has 0 bridgehead atoms. The maximum Gasteiger partial charge on any atom is 0.224 e. The van der Waals surface area contributed by atoms with Crippen LogP contribution in [0.1, 0.15) is 24.7 Å². The zero-order valence-electron chi connectivity index (χ0n) is 17.0. The quantitative estimate of drug-likeness (QED) is 0.690. The number of carbonyl (C=O) groups excluding carboxylic acids is 1. The predicted molar refractivity (Wildman–Crippen MR) is 113 cm³/mol. The third-order valence-electron chi connectivity index (χ3n) is 5.36. The predicted octanol–water partition coefficient (Wildman–Crippen LogP) is 2.01. The first-order valence-electron chi connectivity index (χ1n) is 10.2. The number of nitrogens with one attached hydrogen (secondary N) is 1. The van der Waals surface area contributed by atoms with Crippen LogP contribution in [0.5, 0.6) is 0 Å². The second-order valence-electron chi connectivity index (χ2n) is 7.47. The van der Waals surface area contributed by atoms with E-state index in [1.54, 1.807) is 4.52 Å². The summed E-state index contributed by atoms with van der Waals surface area (Å²) < 4.78 is 1.76. The molecule has 0 unspecified atom stereocenters. The Labute approximate surface area is 170 Å². The maximum absolute atomic E-state index is 12.3. The zero-order valence-corrected chi connectivity index (χ0v) is 17.0. The van der Waals surface area contributed by atoms with Gasteiger partial charge in [0.1, 0.15) is 5.82 Å². The van der Waals surface area contributed by atoms with Gasteiger partial charge in [-0.2, -0.15) is 4.52 Å². The second-order valence-corrected chi connectivity index (χ2v) is 7.47. The number of hydrogen-bond donors (Lipinski definition) is 1. The van der Waals surface area contributed by atoms with Crippen LogP contribution in [0.15, 0.2) is 36.4 Å². The van der Waals surface area contributed by atoms with Crippen molar-refractivity contribution in [3.8, 4) is 0 Å². The first-order chi connectivity index (χ1) is 14.1. The molecule has 4 rings (SSSR count). The number of aryl methyl sites for hydroxylation is 2. The Hall–Kier alpha value is -3.00. The van der Waals surface area contributed by atoms with Crippen molar-refractivity contribution in [1.29, 1.82) is 0 Å². The molecule has 1 amide bonds. The Morgan fingerprint density at radius 2 is 1.79 bits per heavy atom. The molecule has 0 spiro atoms. The van der Waals surface area contributed by atoms with Gasteiger partial charge in [0.2, 0.25) is 5.91 Å². The fourth-order valence-electron chi connectivity index (χ4n) is 3.46. The molecule has 3 aromatic rings. The minimum Gasteiger partial charge on any atom is -0.353 e. The molecular formula is C21H27N7O. The third kappa shape index (κ3) is 4.54. The van der Waals surface area contributed by atoms with E-state index >= 15 is 0 Å². The molecule has 1 aromatic carbocycles. The van der Waals surface area contributed by atoms with Gasteiger partial charge in [0.05, 0.1) is 0 Å². The average molecular weight is 393 g/mol. The smallest absolute Gasteiger partial charge is 0.224 e. The first kappa shape index (κ1) is 19.3. The Bertz CT molecular complexity index is 974. The second kappa shape index (κ2) is 8.57. The number of benzene rings is 1. The van der Waals surface area contributed by atoms with Crippen molar-refractivity contribution >= 4 is 23.1 Å². The summed E-state index contributed by atoms with van der Waals surface area (Å²) in [7, 11) is 2.13. The van der Waals surface area contributed by atoms with Gasteiger partial charge in [0, 0.05) is 44.7 Å². The number of aromatic nitrogens is 4. The molecule has 1 aliphatic rings. The van der Waals surface area contributed by atoms with E-state index in [0.717, 1.165) is 44.1 Å². The molecule has 29 heavy (non-hydrogen) atoms. The van der Waals surface area contributed by atoms with E-state index in [0.29, 0.717) is 24.3 Å². The summed E-state index contributed by atoms with van der Waals surface area (Å²) in [4.78, 5) is 16.9. The molecule has 0 aliphatic carbocycles. The summed E-state index contributed by atoms with van der Waals surface area (Å²) in [5.41, 5.74) is 2.77. The molecule has 1 saturated heterocycles. The molecule has 152 valence electrons. The molecule has 1 fully saturated rings. The first-order valence-corrected chi connectivity index (χ1v) is 10.2. The molecule has 0 saturated carbocycles. The summed E-state index contributed by atoms with van der Waals surface area (Å²) in [6, 6.07) is 11.9. The number of carbonyl (C=O) groups is 1. The van der Waals surface area contributed by atoms with Gasteiger partial charge in [-0.15, -0.1) is 15.3 Å². The largest absolute Gasteiger partial charge is 0.353 e. The van der Waals surface area contributed by atoms with Crippen LogP contribution in [0.4, 0.5) is 11.5 Å². The lowest BCUT2D eigenvalue weighted by Crippen LogP contribution is -2.45. The minimum absolute atomic E-state index is 0.0405. The van der Waals surface area contributed by atoms with Crippen molar-refractivity contribution < 1.29 is 4.79 Å². The lowest BCUT2D eigenvalue weighted by molar-refractivity contribution is -0.116. The van der Waals surface area contributed by atoms with Gasteiger partial charge in [-0.3, -0.25) is 4.79 Å². The van der Waals surface area contributed by atoms with E-state index in [1.165, 1.54) is 5.56 Å². The lowest BCUT2D eigenvalue weighted by atomic mass is 10.1. The Morgan fingerprint density at radius 1 is 1.03 bits per heavy atom. The monoisotopic (exact) mass is 393 g/mol. The SMILES string of the molecule is CCc1ccc(NC(=O)CCc2nnc3ccc(N4CCN(C)CC4)nn23)cc1. The summed E-state index contributed by atoms with van der Waals surface area (Å²) in [6.07, 6.45) is 1.80. The van der Waals surface area contributed by atoms with Gasteiger partial charge in [-0.05, 0) is 43.3 Å². The number of anilines is 2. The van der Waals surface area contributed by atoms with E-state index in [1.807, 2.05) is 36.4 Å². The average Bonchev–Trinajstić information content (AvgIpc) is 3.15. The van der Waals surface area contributed by atoms with Crippen molar-refractivity contribution in [3.05, 3.63) is 47.8 Å². The van der Waals surface area contributed by atoms with Crippen LogP contribution in [-0.4, -0.2) is 63.8 Å². The molecule has 0 radical (unpaired) electrons. The summed E-state index contributed by atoms with van der Waals surface area (Å²) >= 11 is 0. The Balaban J connectivity index is 1.40. The van der Waals surface area contributed by atoms with Gasteiger partial charge >= 0.3 is 0 Å². The highest BCUT2D eigenvalue weighted by atomic mass is 16.1. The number of rotatable bonds is 6. The van der Waals surface area contributed by atoms with Crippen molar-refractivity contribution in [2.24, 2.45) is 0 Å². The van der Waals surface area contributed by atoms with Crippen molar-refractivity contribution in [2.45, 2.75) is 26.2 Å². The normalized spacial score (nSPS) is 15.0. The highest BCUT2D eigenvalue weighted by molar-refractivity contribution is 5.90. The number of fused-ring (bicyclic) bond motifs is 1. The van der Waals surface area contributed by atoms with Crippen LogP contribution in [0.2, 0.25) is 0 Å². The highest BCUT2D eigenvalue weighted by Crippen LogP contribution is 2.15. The van der Waals surface area contributed by atoms with Crippen LogP contribution in [0.25, 0.3) is 5.65 Å². The zero-order chi connectivity index (χ0) is 20.2. The number of piperazine rings is 1. The topological polar surface area (TPSA) is 78.7 Å². The number of likely N-dealkylation sites (N-methyl/N-ethyl adjacent to an activating group) is 1.